The zero-order valence-electron chi connectivity index (χ0n) is 12.5. The summed E-state index contributed by atoms with van der Waals surface area (Å²) >= 11 is -2.36. The van der Waals surface area contributed by atoms with Gasteiger partial charge in [0.1, 0.15) is 0 Å². The van der Waals surface area contributed by atoms with Crippen molar-refractivity contribution in [1.82, 2.24) is 4.90 Å². The molecule has 18 heavy (non-hydrogen) atoms. The molecule has 1 saturated heterocycles. The topological polar surface area (TPSA) is 49.8 Å². The first-order chi connectivity index (χ1) is 7.95. The summed E-state index contributed by atoms with van der Waals surface area (Å²) in [6, 6.07) is 0. The Labute approximate surface area is 115 Å². The molecule has 1 heterocycles. The van der Waals surface area contributed by atoms with Gasteiger partial charge >= 0.3 is 115 Å². The number of aliphatic hydroxyl groups is 1. The van der Waals surface area contributed by atoms with Crippen molar-refractivity contribution in [2.24, 2.45) is 0 Å². The van der Waals surface area contributed by atoms with Gasteiger partial charge in [-0.2, -0.15) is 0 Å². The quantitative estimate of drug-likeness (QED) is 0.728. The number of hydrogen-bond acceptors (Lipinski definition) is 3. The van der Waals surface area contributed by atoms with E-state index in [1.807, 2.05) is 20.8 Å². The Morgan fingerprint density at radius 2 is 1.67 bits per heavy atom. The molecule has 0 aromatic rings. The van der Waals surface area contributed by atoms with Crippen molar-refractivity contribution in [3.8, 4) is 0 Å². The van der Waals surface area contributed by atoms with E-state index in [4.69, 9.17) is 4.74 Å². The monoisotopic (exact) mass is 365 g/mol. The average molecular weight is 364 g/mol. The number of nitrogens with zero attached hydrogens (tertiary/aromatic N) is 1. The first-order valence-electron chi connectivity index (χ1n) is 6.65. The number of amides is 1. The van der Waals surface area contributed by atoms with Gasteiger partial charge in [0.2, 0.25) is 0 Å². The number of piperidine rings is 1. The molecule has 0 aromatic carbocycles. The van der Waals surface area contributed by atoms with Crippen molar-refractivity contribution < 1.29 is 14.6 Å². The zero-order chi connectivity index (χ0) is 14.2. The maximum absolute atomic E-state index is 11.9. The molecular formula is C13H27NO3Sn. The van der Waals surface area contributed by atoms with Crippen LogP contribution in [0.3, 0.4) is 0 Å². The first-order valence-corrected chi connectivity index (χ1v) is 16.6. The van der Waals surface area contributed by atoms with Crippen molar-refractivity contribution in [1.29, 1.82) is 0 Å². The number of carbonyl (C=O) groups excluding carboxylic acids is 1. The van der Waals surface area contributed by atoms with Crippen LogP contribution in [-0.2, 0) is 4.74 Å². The molecule has 1 fully saturated rings. The summed E-state index contributed by atoms with van der Waals surface area (Å²) in [6.07, 6.45) is 1.14. The second-order valence-electron chi connectivity index (χ2n) is 7.25. The summed E-state index contributed by atoms with van der Waals surface area (Å²) in [5.41, 5.74) is -0.450. The molecule has 1 aliphatic heterocycles. The van der Waals surface area contributed by atoms with Crippen LogP contribution >= 0.6 is 0 Å². The van der Waals surface area contributed by atoms with Crippen LogP contribution in [0.4, 0.5) is 4.79 Å². The molecule has 106 valence electrons. The van der Waals surface area contributed by atoms with E-state index in [1.165, 1.54) is 0 Å². The van der Waals surface area contributed by atoms with Gasteiger partial charge in [-0.25, -0.2) is 0 Å². The predicted octanol–water partition coefficient (Wildman–Crippen LogP) is 2.63. The summed E-state index contributed by atoms with van der Waals surface area (Å²) in [4.78, 5) is 20.4. The second-order valence-corrected chi connectivity index (χ2v) is 22.7. The van der Waals surface area contributed by atoms with Gasteiger partial charge in [-0.15, -0.1) is 0 Å². The Morgan fingerprint density at radius 3 is 2.00 bits per heavy atom. The molecule has 0 unspecified atom stereocenters. The van der Waals surface area contributed by atoms with Crippen LogP contribution in [0.1, 0.15) is 33.6 Å². The summed E-state index contributed by atoms with van der Waals surface area (Å²) in [5, 5.41) is 10.7. The van der Waals surface area contributed by atoms with Gasteiger partial charge in [-0.05, 0) is 0 Å². The molecule has 0 saturated carbocycles. The molecule has 1 rings (SSSR count). The van der Waals surface area contributed by atoms with E-state index in [1.54, 1.807) is 4.90 Å². The van der Waals surface area contributed by atoms with E-state index in [9.17, 15) is 9.90 Å². The number of hydrogen-bond donors (Lipinski definition) is 1. The van der Waals surface area contributed by atoms with Crippen LogP contribution in [0.2, 0.25) is 14.8 Å². The average Bonchev–Trinajstić information content (AvgIpc) is 2.14. The fourth-order valence-electron chi connectivity index (χ4n) is 2.14. The maximum atomic E-state index is 11.9. The van der Waals surface area contributed by atoms with Crippen molar-refractivity contribution in [3.63, 3.8) is 0 Å². The standard InChI is InChI=1S/C10H18NO3.3CH3.Sn/c1-10(2,3)14-9(13)11-6-4-8(12)5-7-11;;;;/h12H,4-7H2,1-3H3;3*1H3;. The normalized spacial score (nSPS) is 20.7. The number of ether oxygens (including phenoxy) is 1. The first kappa shape index (κ1) is 16.1. The van der Waals surface area contributed by atoms with E-state index in [0.29, 0.717) is 25.9 Å². The molecule has 1 N–H and O–H groups in total. The van der Waals surface area contributed by atoms with Gasteiger partial charge in [-0.3, -0.25) is 0 Å². The fraction of sp³-hybridized carbons (Fsp3) is 0.923. The molecule has 0 aliphatic carbocycles. The van der Waals surface area contributed by atoms with Crippen molar-refractivity contribution in [2.45, 2.75) is 57.6 Å². The van der Waals surface area contributed by atoms with Crippen molar-refractivity contribution >= 4 is 24.5 Å². The molecule has 4 nitrogen and oxygen atoms in total. The molecule has 1 amide bonds. The van der Waals surface area contributed by atoms with E-state index in [0.717, 1.165) is 0 Å². The molecule has 0 bridgehead atoms. The minimum absolute atomic E-state index is 0.256. The van der Waals surface area contributed by atoms with Crippen LogP contribution in [0.5, 0.6) is 0 Å². The SMILES string of the molecule is CC(C)(C)OC(=O)N1CC[C](O)([Sn]([CH3])([CH3])[CH3])CC1. The van der Waals surface area contributed by atoms with Crippen LogP contribution in [-0.4, -0.2) is 56.8 Å². The Morgan fingerprint density at radius 1 is 1.22 bits per heavy atom. The zero-order valence-corrected chi connectivity index (χ0v) is 15.4. The molecule has 0 aromatic heterocycles. The van der Waals surface area contributed by atoms with Gasteiger partial charge < -0.3 is 0 Å². The van der Waals surface area contributed by atoms with Crippen LogP contribution < -0.4 is 0 Å². The summed E-state index contributed by atoms with van der Waals surface area (Å²) in [7, 11) is 0. The molecule has 0 atom stereocenters. The predicted molar refractivity (Wildman–Crippen MR) is 75.3 cm³/mol. The summed E-state index contributed by atoms with van der Waals surface area (Å²) in [6.45, 7) is 6.84. The van der Waals surface area contributed by atoms with E-state index in [2.05, 4.69) is 14.8 Å². The molecular weight excluding hydrogens is 337 g/mol. The van der Waals surface area contributed by atoms with Gasteiger partial charge in [0.25, 0.3) is 0 Å². The Kier molecular flexibility index (Phi) is 4.64. The number of rotatable bonds is 1. The van der Waals surface area contributed by atoms with Gasteiger partial charge in [0.15, 0.2) is 0 Å². The van der Waals surface area contributed by atoms with Crippen molar-refractivity contribution in [2.75, 3.05) is 13.1 Å². The van der Waals surface area contributed by atoms with Gasteiger partial charge in [-0.1, -0.05) is 0 Å². The van der Waals surface area contributed by atoms with Crippen LogP contribution in [0, 0.1) is 0 Å². The third kappa shape index (κ3) is 4.01. The van der Waals surface area contributed by atoms with E-state index < -0.39 is 27.6 Å². The van der Waals surface area contributed by atoms with E-state index >= 15 is 0 Å². The summed E-state index contributed by atoms with van der Waals surface area (Å²) < 4.78 is 4.87. The second kappa shape index (κ2) is 5.19. The van der Waals surface area contributed by atoms with Gasteiger partial charge in [0, 0.05) is 0 Å². The van der Waals surface area contributed by atoms with Gasteiger partial charge in [0.05, 0.1) is 0 Å². The minimum atomic E-state index is -2.36. The van der Waals surface area contributed by atoms with Crippen molar-refractivity contribution in [3.05, 3.63) is 0 Å². The fourth-order valence-corrected chi connectivity index (χ4v) is 7.06. The Balaban J connectivity index is 2.57. The van der Waals surface area contributed by atoms with Crippen LogP contribution in [0.15, 0.2) is 0 Å². The summed E-state index contributed by atoms with van der Waals surface area (Å²) in [5.74, 6) is 0. The molecule has 5 heteroatoms. The molecule has 0 spiro atoms. The molecule has 0 radical (unpaired) electrons. The van der Waals surface area contributed by atoms with E-state index in [-0.39, 0.29) is 6.09 Å². The third-order valence-corrected chi connectivity index (χ3v) is 13.0. The molecule has 1 aliphatic rings. The number of likely N-dealkylation sites (tertiary alicyclic amines) is 1. The Bertz CT molecular complexity index is 309. The van der Waals surface area contributed by atoms with Crippen LogP contribution in [0.25, 0.3) is 0 Å². The third-order valence-electron chi connectivity index (χ3n) is 3.64. The Hall–Kier alpha value is 0.0287. The number of carbonyl (C=O) groups is 1.